The fraction of sp³-hybridized carbons (Fsp3) is 0.381. The number of hydrogen-bond acceptors (Lipinski definition) is 4. The smallest absolute Gasteiger partial charge is 0.231 e. The standard InChI is InChI=1S/C21H27N3O3.HI/c1-22-21(24-14-18-9-10-19-20(13-18)27-16-26-19)23-11-5-6-12-25-15-17-7-3-2-4-8-17;/h2-4,7-10,13H,5-6,11-12,14-16H2,1H3,(H2,22,23,24);1H. The molecule has 1 aliphatic rings. The summed E-state index contributed by atoms with van der Waals surface area (Å²) in [4.78, 5) is 4.26. The van der Waals surface area contributed by atoms with E-state index in [4.69, 9.17) is 14.2 Å². The van der Waals surface area contributed by atoms with Crippen molar-refractivity contribution in [3.8, 4) is 11.5 Å². The summed E-state index contributed by atoms with van der Waals surface area (Å²) >= 11 is 0. The Morgan fingerprint density at radius 1 is 1.00 bits per heavy atom. The first kappa shape index (κ1) is 22.3. The van der Waals surface area contributed by atoms with Crippen LogP contribution in [0.25, 0.3) is 0 Å². The highest BCUT2D eigenvalue weighted by atomic mass is 127. The number of halogens is 1. The Morgan fingerprint density at radius 3 is 2.64 bits per heavy atom. The normalized spacial score (nSPS) is 12.4. The third-order valence-electron chi connectivity index (χ3n) is 4.24. The summed E-state index contributed by atoms with van der Waals surface area (Å²) in [7, 11) is 1.78. The Labute approximate surface area is 183 Å². The van der Waals surface area contributed by atoms with E-state index in [9.17, 15) is 0 Å². The molecule has 0 radical (unpaired) electrons. The molecule has 0 saturated carbocycles. The molecule has 0 aliphatic carbocycles. The van der Waals surface area contributed by atoms with Gasteiger partial charge in [0.25, 0.3) is 0 Å². The molecule has 0 amide bonds. The van der Waals surface area contributed by atoms with Crippen molar-refractivity contribution in [2.24, 2.45) is 4.99 Å². The summed E-state index contributed by atoms with van der Waals surface area (Å²) in [6.45, 7) is 3.27. The van der Waals surface area contributed by atoms with E-state index < -0.39 is 0 Å². The highest BCUT2D eigenvalue weighted by Gasteiger charge is 2.13. The van der Waals surface area contributed by atoms with Gasteiger partial charge in [0.1, 0.15) is 0 Å². The van der Waals surface area contributed by atoms with Gasteiger partial charge in [-0.3, -0.25) is 4.99 Å². The number of guanidine groups is 1. The molecule has 2 N–H and O–H groups in total. The van der Waals surface area contributed by atoms with E-state index in [1.165, 1.54) is 5.56 Å². The maximum Gasteiger partial charge on any atom is 0.231 e. The molecule has 0 fully saturated rings. The molecule has 0 bridgehead atoms. The third-order valence-corrected chi connectivity index (χ3v) is 4.24. The van der Waals surface area contributed by atoms with Gasteiger partial charge in [0.05, 0.1) is 6.61 Å². The molecule has 152 valence electrons. The molecule has 7 heteroatoms. The first-order valence-electron chi connectivity index (χ1n) is 9.30. The maximum absolute atomic E-state index is 5.70. The van der Waals surface area contributed by atoms with Gasteiger partial charge in [0.15, 0.2) is 17.5 Å². The van der Waals surface area contributed by atoms with Crippen LogP contribution >= 0.6 is 24.0 Å². The van der Waals surface area contributed by atoms with Gasteiger partial charge in [-0.2, -0.15) is 0 Å². The molecule has 0 spiro atoms. The topological polar surface area (TPSA) is 64.1 Å². The average Bonchev–Trinajstić information content (AvgIpc) is 3.18. The monoisotopic (exact) mass is 497 g/mol. The third kappa shape index (κ3) is 7.20. The zero-order valence-corrected chi connectivity index (χ0v) is 18.5. The summed E-state index contributed by atoms with van der Waals surface area (Å²) in [6.07, 6.45) is 2.04. The van der Waals surface area contributed by atoms with Crippen LogP contribution in [0.2, 0.25) is 0 Å². The molecule has 0 saturated heterocycles. The zero-order valence-electron chi connectivity index (χ0n) is 16.1. The predicted molar refractivity (Wildman–Crippen MR) is 122 cm³/mol. The number of aliphatic imine (C=N–C) groups is 1. The summed E-state index contributed by atoms with van der Waals surface area (Å²) in [5, 5.41) is 6.64. The Morgan fingerprint density at radius 2 is 1.82 bits per heavy atom. The molecule has 0 aromatic heterocycles. The van der Waals surface area contributed by atoms with E-state index in [1.807, 2.05) is 36.4 Å². The van der Waals surface area contributed by atoms with Gasteiger partial charge in [-0.15, -0.1) is 24.0 Å². The molecule has 2 aromatic rings. The van der Waals surface area contributed by atoms with Crippen LogP contribution in [0.3, 0.4) is 0 Å². The number of fused-ring (bicyclic) bond motifs is 1. The number of nitrogens with one attached hydrogen (secondary N) is 2. The van der Waals surface area contributed by atoms with Gasteiger partial charge >= 0.3 is 0 Å². The van der Waals surface area contributed by atoms with Crippen molar-refractivity contribution in [3.05, 3.63) is 59.7 Å². The molecule has 0 atom stereocenters. The van der Waals surface area contributed by atoms with Crippen molar-refractivity contribution in [2.45, 2.75) is 26.0 Å². The highest BCUT2D eigenvalue weighted by molar-refractivity contribution is 14.0. The van der Waals surface area contributed by atoms with E-state index in [0.717, 1.165) is 49.0 Å². The summed E-state index contributed by atoms with van der Waals surface area (Å²) in [6, 6.07) is 16.2. The fourth-order valence-electron chi connectivity index (χ4n) is 2.76. The molecule has 1 aliphatic heterocycles. The molecule has 28 heavy (non-hydrogen) atoms. The van der Waals surface area contributed by atoms with Crippen LogP contribution in [-0.4, -0.2) is 33.0 Å². The summed E-state index contributed by atoms with van der Waals surface area (Å²) in [5.41, 5.74) is 2.33. The van der Waals surface area contributed by atoms with Gasteiger partial charge < -0.3 is 24.8 Å². The molecule has 6 nitrogen and oxygen atoms in total. The Kier molecular flexibility index (Phi) is 9.92. The van der Waals surface area contributed by atoms with Crippen LogP contribution < -0.4 is 20.1 Å². The minimum Gasteiger partial charge on any atom is -0.454 e. The fourth-order valence-corrected chi connectivity index (χ4v) is 2.76. The molecule has 1 heterocycles. The van der Waals surface area contributed by atoms with E-state index in [0.29, 0.717) is 19.9 Å². The zero-order chi connectivity index (χ0) is 18.7. The van der Waals surface area contributed by atoms with Crippen LogP contribution in [0.1, 0.15) is 24.0 Å². The lowest BCUT2D eigenvalue weighted by Crippen LogP contribution is -2.37. The van der Waals surface area contributed by atoms with E-state index in [-0.39, 0.29) is 24.0 Å². The molecule has 0 unspecified atom stereocenters. The predicted octanol–water partition coefficient (Wildman–Crippen LogP) is 3.70. The summed E-state index contributed by atoms with van der Waals surface area (Å²) < 4.78 is 16.4. The molecular formula is C21H28IN3O3. The van der Waals surface area contributed by atoms with Crippen molar-refractivity contribution in [2.75, 3.05) is 27.0 Å². The van der Waals surface area contributed by atoms with Crippen molar-refractivity contribution >= 4 is 29.9 Å². The van der Waals surface area contributed by atoms with E-state index >= 15 is 0 Å². The quantitative estimate of drug-likeness (QED) is 0.240. The van der Waals surface area contributed by atoms with E-state index in [1.54, 1.807) is 7.05 Å². The number of hydrogen-bond donors (Lipinski definition) is 2. The number of rotatable bonds is 9. The lowest BCUT2D eigenvalue weighted by Gasteiger charge is -2.12. The maximum atomic E-state index is 5.70. The van der Waals surface area contributed by atoms with Gasteiger partial charge in [0.2, 0.25) is 6.79 Å². The van der Waals surface area contributed by atoms with Crippen LogP contribution in [0.5, 0.6) is 11.5 Å². The highest BCUT2D eigenvalue weighted by Crippen LogP contribution is 2.32. The van der Waals surface area contributed by atoms with E-state index in [2.05, 4.69) is 27.8 Å². The first-order chi connectivity index (χ1) is 13.3. The van der Waals surface area contributed by atoms with Crippen molar-refractivity contribution in [1.82, 2.24) is 10.6 Å². The Hall–Kier alpha value is -2.00. The number of nitrogens with zero attached hydrogens (tertiary/aromatic N) is 1. The molecule has 3 rings (SSSR count). The van der Waals surface area contributed by atoms with Crippen molar-refractivity contribution < 1.29 is 14.2 Å². The first-order valence-corrected chi connectivity index (χ1v) is 9.30. The largest absolute Gasteiger partial charge is 0.454 e. The Bertz CT molecular complexity index is 741. The lowest BCUT2D eigenvalue weighted by atomic mass is 10.2. The minimum absolute atomic E-state index is 0. The molecule has 2 aromatic carbocycles. The van der Waals surface area contributed by atoms with Gasteiger partial charge in [0, 0.05) is 26.7 Å². The van der Waals surface area contributed by atoms with Gasteiger partial charge in [-0.05, 0) is 36.1 Å². The Balaban J connectivity index is 0.00000280. The average molecular weight is 497 g/mol. The van der Waals surface area contributed by atoms with Gasteiger partial charge in [-0.25, -0.2) is 0 Å². The van der Waals surface area contributed by atoms with Crippen LogP contribution in [0.15, 0.2) is 53.5 Å². The molecular weight excluding hydrogens is 469 g/mol. The second-order valence-electron chi connectivity index (χ2n) is 6.29. The number of unbranched alkanes of at least 4 members (excludes halogenated alkanes) is 1. The van der Waals surface area contributed by atoms with Crippen LogP contribution in [0.4, 0.5) is 0 Å². The lowest BCUT2D eigenvalue weighted by molar-refractivity contribution is 0.117. The summed E-state index contributed by atoms with van der Waals surface area (Å²) in [5.74, 6) is 2.39. The number of ether oxygens (including phenoxy) is 3. The number of benzene rings is 2. The van der Waals surface area contributed by atoms with Crippen molar-refractivity contribution in [3.63, 3.8) is 0 Å². The van der Waals surface area contributed by atoms with Crippen LogP contribution in [-0.2, 0) is 17.9 Å². The van der Waals surface area contributed by atoms with Crippen molar-refractivity contribution in [1.29, 1.82) is 0 Å². The minimum atomic E-state index is 0. The second kappa shape index (κ2) is 12.5. The SMILES string of the molecule is CN=C(NCCCCOCc1ccccc1)NCc1ccc2c(c1)OCO2.I. The second-order valence-corrected chi connectivity index (χ2v) is 6.29. The van der Waals surface area contributed by atoms with Crippen LogP contribution in [0, 0.1) is 0 Å². The van der Waals surface area contributed by atoms with Gasteiger partial charge in [-0.1, -0.05) is 36.4 Å².